The summed E-state index contributed by atoms with van der Waals surface area (Å²) in [5.41, 5.74) is -0.991. The fraction of sp³-hybridized carbons (Fsp3) is 0.238. The molecule has 158 valence electrons. The van der Waals surface area contributed by atoms with E-state index in [1.54, 1.807) is 24.3 Å². The van der Waals surface area contributed by atoms with Crippen LogP contribution in [-0.2, 0) is 18.7 Å². The van der Waals surface area contributed by atoms with Crippen LogP contribution in [-0.4, -0.2) is 37.9 Å². The normalized spacial score (nSPS) is 13.4. The molecule has 0 aliphatic carbocycles. The molecule has 2 aromatic carbocycles. The Morgan fingerprint density at radius 2 is 2.00 bits per heavy atom. The summed E-state index contributed by atoms with van der Waals surface area (Å²) in [4.78, 5) is 5.72. The first-order valence-electron chi connectivity index (χ1n) is 9.08. The van der Waals surface area contributed by atoms with Gasteiger partial charge in [-0.2, -0.15) is 5.10 Å². The first-order chi connectivity index (χ1) is 14.3. The van der Waals surface area contributed by atoms with E-state index in [-0.39, 0.29) is 18.7 Å². The summed E-state index contributed by atoms with van der Waals surface area (Å²) in [6.45, 7) is 4.41. The molecule has 30 heavy (non-hydrogen) atoms. The zero-order valence-corrected chi connectivity index (χ0v) is 17.5. The van der Waals surface area contributed by atoms with Crippen molar-refractivity contribution in [1.82, 2.24) is 19.7 Å². The number of halogens is 4. The second-order valence-corrected chi connectivity index (χ2v) is 7.79. The van der Waals surface area contributed by atoms with E-state index >= 15 is 0 Å². The molecule has 0 aliphatic rings. The van der Waals surface area contributed by atoms with E-state index in [9.17, 15) is 13.9 Å². The number of nitrogens with zero attached hydrogens (tertiary/aromatic N) is 4. The van der Waals surface area contributed by atoms with E-state index in [0.29, 0.717) is 23.1 Å². The predicted molar refractivity (Wildman–Crippen MR) is 112 cm³/mol. The summed E-state index contributed by atoms with van der Waals surface area (Å²) in [5, 5.41) is 16.5. The van der Waals surface area contributed by atoms with Crippen LogP contribution in [0.1, 0.15) is 11.1 Å². The molecule has 3 rings (SSSR count). The minimum absolute atomic E-state index is 0.000385. The van der Waals surface area contributed by atoms with Gasteiger partial charge in [-0.05, 0) is 23.8 Å². The lowest BCUT2D eigenvalue weighted by Gasteiger charge is -2.34. The van der Waals surface area contributed by atoms with E-state index in [2.05, 4.69) is 16.7 Å². The molecule has 0 saturated carbocycles. The van der Waals surface area contributed by atoms with Gasteiger partial charge in [-0.15, -0.1) is 6.58 Å². The van der Waals surface area contributed by atoms with Crippen molar-refractivity contribution in [3.05, 3.63) is 94.5 Å². The lowest BCUT2D eigenvalue weighted by Crippen LogP contribution is -2.44. The second kappa shape index (κ2) is 9.66. The Kier molecular flexibility index (Phi) is 7.20. The van der Waals surface area contributed by atoms with Crippen molar-refractivity contribution in [2.24, 2.45) is 0 Å². The van der Waals surface area contributed by atoms with Crippen molar-refractivity contribution in [2.45, 2.75) is 18.7 Å². The maximum atomic E-state index is 14.6. The highest BCUT2D eigenvalue weighted by molar-refractivity contribution is 6.35. The highest BCUT2D eigenvalue weighted by Gasteiger charge is 2.35. The van der Waals surface area contributed by atoms with Gasteiger partial charge < -0.3 is 5.11 Å². The third kappa shape index (κ3) is 5.43. The fourth-order valence-electron chi connectivity index (χ4n) is 3.30. The van der Waals surface area contributed by atoms with Crippen molar-refractivity contribution < 1.29 is 13.9 Å². The minimum Gasteiger partial charge on any atom is -0.382 e. The summed E-state index contributed by atoms with van der Waals surface area (Å²) < 4.78 is 29.5. The van der Waals surface area contributed by atoms with Crippen LogP contribution in [0.5, 0.6) is 0 Å². The molecule has 5 nitrogen and oxygen atoms in total. The van der Waals surface area contributed by atoms with Gasteiger partial charge in [0, 0.05) is 41.3 Å². The van der Waals surface area contributed by atoms with Crippen LogP contribution in [0.2, 0.25) is 10.0 Å². The SMILES string of the molecule is C=CCN(Cc1ccc(Cl)cc1Cl)C[C@](O)(Cn1cncn1)c1ccc(F)cc1F. The van der Waals surface area contributed by atoms with Crippen molar-refractivity contribution in [3.63, 3.8) is 0 Å². The molecule has 0 radical (unpaired) electrons. The third-order valence-electron chi connectivity index (χ3n) is 4.60. The van der Waals surface area contributed by atoms with Gasteiger partial charge in [0.05, 0.1) is 6.54 Å². The topological polar surface area (TPSA) is 54.2 Å². The summed E-state index contributed by atoms with van der Waals surface area (Å²) in [5.74, 6) is -1.57. The molecule has 3 aromatic rings. The van der Waals surface area contributed by atoms with Gasteiger partial charge in [-0.1, -0.05) is 41.4 Å². The zero-order chi connectivity index (χ0) is 21.7. The Labute approximate surface area is 183 Å². The molecule has 0 amide bonds. The van der Waals surface area contributed by atoms with Crippen molar-refractivity contribution in [3.8, 4) is 0 Å². The van der Waals surface area contributed by atoms with E-state index in [0.717, 1.165) is 17.7 Å². The van der Waals surface area contributed by atoms with Gasteiger partial charge in [-0.3, -0.25) is 4.90 Å². The first kappa shape index (κ1) is 22.4. The Balaban J connectivity index is 1.95. The molecule has 1 N–H and O–H groups in total. The van der Waals surface area contributed by atoms with Gasteiger partial charge >= 0.3 is 0 Å². The van der Waals surface area contributed by atoms with E-state index in [1.807, 2.05) is 4.90 Å². The highest BCUT2D eigenvalue weighted by atomic mass is 35.5. The van der Waals surface area contributed by atoms with Crippen LogP contribution in [0, 0.1) is 11.6 Å². The van der Waals surface area contributed by atoms with Crippen LogP contribution < -0.4 is 0 Å². The second-order valence-electron chi connectivity index (χ2n) is 6.94. The van der Waals surface area contributed by atoms with Crippen molar-refractivity contribution in [1.29, 1.82) is 0 Å². The molecular weight excluding hydrogens is 433 g/mol. The molecule has 9 heteroatoms. The molecule has 1 atom stereocenters. The Bertz CT molecular complexity index is 1020. The number of aromatic nitrogens is 3. The van der Waals surface area contributed by atoms with E-state index in [1.165, 1.54) is 23.4 Å². The number of hydrogen-bond acceptors (Lipinski definition) is 4. The van der Waals surface area contributed by atoms with Crippen LogP contribution in [0.3, 0.4) is 0 Å². The average Bonchev–Trinajstić information content (AvgIpc) is 3.16. The summed E-state index contributed by atoms with van der Waals surface area (Å²) >= 11 is 12.3. The van der Waals surface area contributed by atoms with Gasteiger partial charge in [0.1, 0.15) is 29.9 Å². The maximum Gasteiger partial charge on any atom is 0.137 e. The van der Waals surface area contributed by atoms with Gasteiger partial charge in [-0.25, -0.2) is 18.4 Å². The molecule has 0 fully saturated rings. The number of benzene rings is 2. The largest absolute Gasteiger partial charge is 0.382 e. The number of hydrogen-bond donors (Lipinski definition) is 1. The smallest absolute Gasteiger partial charge is 0.137 e. The standard InChI is InChI=1S/C21H20Cl2F2N4O/c1-2-7-28(10-15-3-4-16(22)8-19(15)23)11-21(30,12-29-14-26-13-27-29)18-6-5-17(24)9-20(18)25/h2-6,8-9,13-14,30H,1,7,10-12H2/t21-/m0/s1. The first-order valence-corrected chi connectivity index (χ1v) is 9.84. The number of aliphatic hydroxyl groups is 1. The van der Waals surface area contributed by atoms with Gasteiger partial charge in [0.15, 0.2) is 0 Å². The van der Waals surface area contributed by atoms with Crippen molar-refractivity contribution in [2.75, 3.05) is 13.1 Å². The fourth-order valence-corrected chi connectivity index (χ4v) is 3.77. The van der Waals surface area contributed by atoms with Crippen LogP contribution in [0.4, 0.5) is 8.78 Å². The lowest BCUT2D eigenvalue weighted by molar-refractivity contribution is -0.0210. The van der Waals surface area contributed by atoms with E-state index < -0.39 is 17.2 Å². The summed E-state index contributed by atoms with van der Waals surface area (Å²) in [6, 6.07) is 8.23. The third-order valence-corrected chi connectivity index (χ3v) is 5.19. The highest BCUT2D eigenvalue weighted by Crippen LogP contribution is 2.29. The molecule has 0 saturated heterocycles. The average molecular weight is 453 g/mol. The maximum absolute atomic E-state index is 14.6. The summed E-state index contributed by atoms with van der Waals surface area (Å²) in [7, 11) is 0. The molecule has 0 aliphatic heterocycles. The molecule has 1 aromatic heterocycles. The monoisotopic (exact) mass is 452 g/mol. The Morgan fingerprint density at radius 1 is 1.20 bits per heavy atom. The lowest BCUT2D eigenvalue weighted by atomic mass is 9.92. The van der Waals surface area contributed by atoms with Gasteiger partial charge in [0.25, 0.3) is 0 Å². The van der Waals surface area contributed by atoms with Crippen LogP contribution in [0.25, 0.3) is 0 Å². The summed E-state index contributed by atoms with van der Waals surface area (Å²) in [6.07, 6.45) is 4.40. The zero-order valence-electron chi connectivity index (χ0n) is 16.0. The molecular formula is C21H20Cl2F2N4O. The minimum atomic E-state index is -1.73. The molecule has 0 unspecified atom stereocenters. The Hall–Kier alpha value is -2.32. The van der Waals surface area contributed by atoms with Crippen LogP contribution in [0.15, 0.2) is 61.7 Å². The van der Waals surface area contributed by atoms with Gasteiger partial charge in [0.2, 0.25) is 0 Å². The molecule has 0 spiro atoms. The number of rotatable bonds is 9. The molecule has 1 heterocycles. The van der Waals surface area contributed by atoms with Crippen molar-refractivity contribution >= 4 is 23.2 Å². The molecule has 0 bridgehead atoms. The van der Waals surface area contributed by atoms with E-state index in [4.69, 9.17) is 23.2 Å². The quantitative estimate of drug-likeness (QED) is 0.487. The van der Waals surface area contributed by atoms with Crippen LogP contribution >= 0.6 is 23.2 Å². The predicted octanol–water partition coefficient (Wildman–Crippen LogP) is 4.44. The Morgan fingerprint density at radius 3 is 2.63 bits per heavy atom.